The lowest BCUT2D eigenvalue weighted by molar-refractivity contribution is -0.870. The second kappa shape index (κ2) is 56.7. The van der Waals surface area contributed by atoms with Crippen molar-refractivity contribution in [3.63, 3.8) is 0 Å². The van der Waals surface area contributed by atoms with E-state index in [1.807, 2.05) is 21.1 Å². The van der Waals surface area contributed by atoms with Gasteiger partial charge in [-0.05, 0) is 51.4 Å². The van der Waals surface area contributed by atoms with Crippen LogP contribution in [0.3, 0.4) is 0 Å². The van der Waals surface area contributed by atoms with Gasteiger partial charge in [-0.2, -0.15) is 0 Å². The molecule has 440 valence electrons. The van der Waals surface area contributed by atoms with Crippen LogP contribution in [0, 0.1) is 0 Å². The Hall–Kier alpha value is -2.03. The van der Waals surface area contributed by atoms with Gasteiger partial charge in [-0.1, -0.05) is 287 Å². The molecule has 0 heterocycles. The minimum atomic E-state index is -4.38. The van der Waals surface area contributed by atoms with Gasteiger partial charge in [-0.25, -0.2) is 4.57 Å². The van der Waals surface area contributed by atoms with Crippen LogP contribution in [-0.2, 0) is 32.7 Å². The highest BCUT2D eigenvalue weighted by atomic mass is 31.2. The monoisotopic (exact) mass is 1080 g/mol. The molecule has 0 saturated carbocycles. The largest absolute Gasteiger partial charge is 0.472 e. The first-order chi connectivity index (χ1) is 36.5. The van der Waals surface area contributed by atoms with Gasteiger partial charge in [0.25, 0.3) is 0 Å². The molecule has 2 unspecified atom stereocenters. The zero-order valence-electron chi connectivity index (χ0n) is 50.0. The smallest absolute Gasteiger partial charge is 0.462 e. The standard InChI is InChI=1S/C65H122NO8P/c1-6-8-10-12-14-16-18-19-20-21-22-23-24-25-26-27-28-29-30-31-32-33-34-35-36-37-38-39-40-41-42-43-44-45-46-47-48-50-52-54-56-58-65(68)74-63(62-73-75(69,70)72-60-59-66(3,4)5)61-71-64(67)57-55-53-51-49-17-15-13-11-9-7-2/h8,10,14,16,19-20,22-23,63H,6-7,9,11-13,15,17-18,21,24-62H2,1-5H3/p+1/b10-8-,16-14-,20-19-,23-22-. The van der Waals surface area contributed by atoms with Crippen molar-refractivity contribution in [1.82, 2.24) is 0 Å². The number of phosphoric ester groups is 1. The molecule has 0 aromatic heterocycles. The first kappa shape index (κ1) is 73.0. The van der Waals surface area contributed by atoms with Crippen LogP contribution in [-0.4, -0.2) is 74.9 Å². The van der Waals surface area contributed by atoms with Crippen LogP contribution < -0.4 is 0 Å². The van der Waals surface area contributed by atoms with Gasteiger partial charge in [0.05, 0.1) is 27.7 Å². The molecule has 0 radical (unpaired) electrons. The number of hydrogen-bond donors (Lipinski definition) is 1. The summed E-state index contributed by atoms with van der Waals surface area (Å²) in [5.41, 5.74) is 0. The van der Waals surface area contributed by atoms with Crippen LogP contribution in [0.5, 0.6) is 0 Å². The zero-order chi connectivity index (χ0) is 54.9. The maximum Gasteiger partial charge on any atom is 0.472 e. The molecule has 0 aliphatic heterocycles. The third-order valence-corrected chi connectivity index (χ3v) is 15.1. The Morgan fingerprint density at radius 1 is 0.427 bits per heavy atom. The third kappa shape index (κ3) is 61.1. The van der Waals surface area contributed by atoms with Gasteiger partial charge in [-0.15, -0.1) is 0 Å². The molecule has 75 heavy (non-hydrogen) atoms. The van der Waals surface area contributed by atoms with E-state index in [9.17, 15) is 19.0 Å². The SMILES string of the molecule is CC/C=C\C/C=C\C/C=C\C/C=C\CCCCCCCCCCCCCCCCCCCCCCCCCCCCCCC(=O)OC(COC(=O)CCCCCCCCCCCC)COP(=O)(O)OCC[N+](C)(C)C. The molecule has 0 aromatic carbocycles. The number of nitrogens with zero attached hydrogens (tertiary/aromatic N) is 1. The number of hydrogen-bond acceptors (Lipinski definition) is 7. The third-order valence-electron chi connectivity index (χ3n) is 14.1. The average Bonchev–Trinajstić information content (AvgIpc) is 3.37. The molecule has 10 heteroatoms. The van der Waals surface area contributed by atoms with E-state index in [4.69, 9.17) is 18.5 Å². The van der Waals surface area contributed by atoms with E-state index >= 15 is 0 Å². The van der Waals surface area contributed by atoms with Gasteiger partial charge in [-0.3, -0.25) is 18.6 Å². The Kier molecular flexibility index (Phi) is 55.1. The number of ether oxygens (including phenoxy) is 2. The Bertz CT molecular complexity index is 1410. The van der Waals surface area contributed by atoms with Crippen LogP contribution in [0.2, 0.25) is 0 Å². The van der Waals surface area contributed by atoms with Crippen LogP contribution in [0.1, 0.15) is 303 Å². The highest BCUT2D eigenvalue weighted by molar-refractivity contribution is 7.47. The van der Waals surface area contributed by atoms with Gasteiger partial charge in [0.15, 0.2) is 6.10 Å². The molecule has 0 saturated heterocycles. The summed E-state index contributed by atoms with van der Waals surface area (Å²) < 4.78 is 34.5. The van der Waals surface area contributed by atoms with E-state index in [1.54, 1.807) is 0 Å². The minimum Gasteiger partial charge on any atom is -0.462 e. The number of rotatable bonds is 59. The second-order valence-electron chi connectivity index (χ2n) is 22.8. The molecule has 9 nitrogen and oxygen atoms in total. The fourth-order valence-corrected chi connectivity index (χ4v) is 9.99. The van der Waals surface area contributed by atoms with Crippen molar-refractivity contribution < 1.29 is 42.1 Å². The van der Waals surface area contributed by atoms with E-state index in [1.165, 1.54) is 212 Å². The average molecular weight is 1080 g/mol. The summed E-state index contributed by atoms with van der Waals surface area (Å²) in [6, 6.07) is 0. The van der Waals surface area contributed by atoms with Crippen LogP contribution in [0.4, 0.5) is 0 Å². The molecule has 0 aromatic rings. The number of carbonyl (C=O) groups excluding carboxylic acids is 2. The summed E-state index contributed by atoms with van der Waals surface area (Å²) in [6.07, 6.45) is 72.4. The number of carbonyl (C=O) groups is 2. The summed E-state index contributed by atoms with van der Waals surface area (Å²) in [5.74, 6) is -0.784. The van der Waals surface area contributed by atoms with Gasteiger partial charge >= 0.3 is 19.8 Å². The molecule has 0 aliphatic carbocycles. The quantitative estimate of drug-likeness (QED) is 0.0211. The van der Waals surface area contributed by atoms with E-state index in [0.717, 1.165) is 57.8 Å². The molecular formula is C65H123NO8P+. The molecule has 0 bridgehead atoms. The number of phosphoric acid groups is 1. The summed E-state index contributed by atoms with van der Waals surface area (Å²) in [5, 5.41) is 0. The fourth-order valence-electron chi connectivity index (χ4n) is 9.25. The molecule has 2 atom stereocenters. The van der Waals surface area contributed by atoms with Gasteiger partial charge in [0, 0.05) is 12.8 Å². The Labute approximate surface area is 464 Å². The lowest BCUT2D eigenvalue weighted by atomic mass is 10.0. The Morgan fingerprint density at radius 2 is 0.760 bits per heavy atom. The van der Waals surface area contributed by atoms with Gasteiger partial charge < -0.3 is 18.9 Å². The predicted octanol–water partition coefficient (Wildman–Crippen LogP) is 20.1. The van der Waals surface area contributed by atoms with E-state index in [2.05, 4.69) is 62.5 Å². The van der Waals surface area contributed by atoms with Crippen molar-refractivity contribution in [2.75, 3.05) is 47.5 Å². The summed E-state index contributed by atoms with van der Waals surface area (Å²) >= 11 is 0. The van der Waals surface area contributed by atoms with E-state index in [0.29, 0.717) is 23.9 Å². The fraction of sp³-hybridized carbons (Fsp3) is 0.846. The van der Waals surface area contributed by atoms with Crippen molar-refractivity contribution in [2.24, 2.45) is 0 Å². The first-order valence-corrected chi connectivity index (χ1v) is 33.4. The highest BCUT2D eigenvalue weighted by Gasteiger charge is 2.27. The Morgan fingerprint density at radius 3 is 1.13 bits per heavy atom. The predicted molar refractivity (Wildman–Crippen MR) is 321 cm³/mol. The second-order valence-corrected chi connectivity index (χ2v) is 24.2. The van der Waals surface area contributed by atoms with Crippen molar-refractivity contribution in [2.45, 2.75) is 309 Å². The number of quaternary nitrogens is 1. The van der Waals surface area contributed by atoms with Crippen molar-refractivity contribution in [1.29, 1.82) is 0 Å². The highest BCUT2D eigenvalue weighted by Crippen LogP contribution is 2.43. The topological polar surface area (TPSA) is 108 Å². The maximum atomic E-state index is 12.8. The Balaban J connectivity index is 3.79. The zero-order valence-corrected chi connectivity index (χ0v) is 50.9. The number of allylic oxidation sites excluding steroid dienone is 8. The van der Waals surface area contributed by atoms with Crippen LogP contribution in [0.15, 0.2) is 48.6 Å². The summed E-state index contributed by atoms with van der Waals surface area (Å²) in [7, 11) is 1.49. The summed E-state index contributed by atoms with van der Waals surface area (Å²) in [6.45, 7) is 4.34. The molecule has 0 amide bonds. The molecule has 0 spiro atoms. The summed E-state index contributed by atoms with van der Waals surface area (Å²) in [4.78, 5) is 35.5. The number of esters is 2. The maximum absolute atomic E-state index is 12.8. The first-order valence-electron chi connectivity index (χ1n) is 31.9. The molecule has 0 fully saturated rings. The minimum absolute atomic E-state index is 0.0350. The van der Waals surface area contributed by atoms with E-state index < -0.39 is 26.5 Å². The van der Waals surface area contributed by atoms with Crippen LogP contribution >= 0.6 is 7.82 Å². The molecule has 0 rings (SSSR count). The molecular weight excluding hydrogens is 954 g/mol. The molecule has 1 N–H and O–H groups in total. The van der Waals surface area contributed by atoms with Crippen molar-refractivity contribution in [3.05, 3.63) is 48.6 Å². The van der Waals surface area contributed by atoms with Crippen molar-refractivity contribution >= 4 is 19.8 Å². The lowest BCUT2D eigenvalue weighted by Gasteiger charge is -2.24. The van der Waals surface area contributed by atoms with Crippen molar-refractivity contribution in [3.8, 4) is 0 Å². The van der Waals surface area contributed by atoms with Gasteiger partial charge in [0.1, 0.15) is 19.8 Å². The molecule has 0 aliphatic rings. The van der Waals surface area contributed by atoms with E-state index in [-0.39, 0.29) is 25.6 Å². The normalized spacial score (nSPS) is 13.5. The van der Waals surface area contributed by atoms with Crippen LogP contribution in [0.25, 0.3) is 0 Å². The number of unbranched alkanes of at least 4 members (excludes halogenated alkanes) is 37. The van der Waals surface area contributed by atoms with Gasteiger partial charge in [0.2, 0.25) is 0 Å². The lowest BCUT2D eigenvalue weighted by Crippen LogP contribution is -2.37. The number of likely N-dealkylation sites (N-methyl/N-ethyl adjacent to an activating group) is 1.